The van der Waals surface area contributed by atoms with Crippen LogP contribution in [0.3, 0.4) is 0 Å². The van der Waals surface area contributed by atoms with Crippen molar-refractivity contribution in [3.05, 3.63) is 78.4 Å². The molecule has 238 valence electrons. The number of hydrogen-bond donors (Lipinski definition) is 1. The van der Waals surface area contributed by atoms with Crippen LogP contribution < -0.4 is 23.8 Å². The van der Waals surface area contributed by atoms with Crippen molar-refractivity contribution in [2.75, 3.05) is 38.2 Å². The zero-order valence-corrected chi connectivity index (χ0v) is 27.1. The first-order chi connectivity index (χ1) is 21.0. The average molecular weight is 626 g/mol. The number of carbonyl (C=O) groups is 2. The Hall–Kier alpha value is -4.25. The Labute approximate surface area is 261 Å². The van der Waals surface area contributed by atoms with Gasteiger partial charge in [0.2, 0.25) is 11.8 Å². The molecule has 0 aromatic heterocycles. The zero-order chi connectivity index (χ0) is 32.3. The monoisotopic (exact) mass is 625 g/mol. The average Bonchev–Trinajstić information content (AvgIpc) is 3.04. The van der Waals surface area contributed by atoms with E-state index in [4.69, 9.17) is 14.2 Å². The van der Waals surface area contributed by atoms with E-state index in [1.54, 1.807) is 31.2 Å². The van der Waals surface area contributed by atoms with Gasteiger partial charge in [-0.1, -0.05) is 37.3 Å². The van der Waals surface area contributed by atoms with E-state index in [9.17, 15) is 18.0 Å². The highest BCUT2D eigenvalue weighted by Gasteiger charge is 2.33. The second-order valence-corrected chi connectivity index (χ2v) is 12.1. The highest BCUT2D eigenvalue weighted by Crippen LogP contribution is 2.33. The number of nitrogens with one attached hydrogen (secondary N) is 1. The summed E-state index contributed by atoms with van der Waals surface area (Å²) in [5, 5.41) is 2.94. The number of carbonyl (C=O) groups excluding carboxylic acids is 2. The zero-order valence-electron chi connectivity index (χ0n) is 26.3. The number of amides is 2. The van der Waals surface area contributed by atoms with E-state index < -0.39 is 28.5 Å². The maximum absolute atomic E-state index is 14.2. The first-order valence-electron chi connectivity index (χ1n) is 14.7. The Kier molecular flexibility index (Phi) is 12.5. The van der Waals surface area contributed by atoms with Crippen molar-refractivity contribution in [3.63, 3.8) is 0 Å². The van der Waals surface area contributed by atoms with Crippen LogP contribution in [0.5, 0.6) is 17.2 Å². The van der Waals surface area contributed by atoms with Crippen LogP contribution in [0, 0.1) is 0 Å². The van der Waals surface area contributed by atoms with Crippen molar-refractivity contribution < 1.29 is 32.2 Å². The summed E-state index contributed by atoms with van der Waals surface area (Å²) in [4.78, 5) is 28.6. The van der Waals surface area contributed by atoms with Gasteiger partial charge in [-0.2, -0.15) is 0 Å². The number of methoxy groups -OCH3 is 2. The minimum atomic E-state index is -4.29. The third-order valence-corrected chi connectivity index (χ3v) is 9.08. The van der Waals surface area contributed by atoms with Crippen molar-refractivity contribution >= 4 is 27.5 Å². The normalized spacial score (nSPS) is 12.5. The fraction of sp³-hybridized carbons (Fsp3) is 0.394. The lowest BCUT2D eigenvalue weighted by atomic mass is 10.1. The molecule has 0 radical (unpaired) electrons. The molecule has 0 spiro atoms. The van der Waals surface area contributed by atoms with E-state index in [-0.39, 0.29) is 34.8 Å². The largest absolute Gasteiger partial charge is 0.494 e. The number of hydrogen-bond acceptors (Lipinski definition) is 7. The van der Waals surface area contributed by atoms with Crippen molar-refractivity contribution in [1.82, 2.24) is 10.2 Å². The molecule has 3 aromatic carbocycles. The highest BCUT2D eigenvalue weighted by molar-refractivity contribution is 7.92. The van der Waals surface area contributed by atoms with Gasteiger partial charge in [-0.15, -0.1) is 0 Å². The van der Waals surface area contributed by atoms with Crippen LogP contribution in [-0.4, -0.2) is 71.1 Å². The molecule has 10 nitrogen and oxygen atoms in total. The number of benzene rings is 3. The molecule has 0 aliphatic carbocycles. The fourth-order valence-electron chi connectivity index (χ4n) is 4.54. The summed E-state index contributed by atoms with van der Waals surface area (Å²) in [6.07, 6.45) is 1.21. The molecule has 2 amide bonds. The molecule has 0 unspecified atom stereocenters. The van der Waals surface area contributed by atoms with Crippen LogP contribution in [-0.2, 0) is 26.0 Å². The summed E-state index contributed by atoms with van der Waals surface area (Å²) in [5.41, 5.74) is 1.25. The molecular weight excluding hydrogens is 582 g/mol. The van der Waals surface area contributed by atoms with Crippen molar-refractivity contribution in [2.45, 2.75) is 57.5 Å². The van der Waals surface area contributed by atoms with E-state index >= 15 is 0 Å². The number of sulfonamides is 1. The molecule has 0 bridgehead atoms. The van der Waals surface area contributed by atoms with Crippen LogP contribution in [0.4, 0.5) is 5.69 Å². The van der Waals surface area contributed by atoms with E-state index in [1.165, 1.54) is 37.3 Å². The Morgan fingerprint density at radius 2 is 1.55 bits per heavy atom. The quantitative estimate of drug-likeness (QED) is 0.246. The molecular formula is C33H43N3O7S. The second-order valence-electron chi connectivity index (χ2n) is 10.3. The Morgan fingerprint density at radius 1 is 0.886 bits per heavy atom. The molecule has 0 fully saturated rings. The Balaban J connectivity index is 2.03. The highest BCUT2D eigenvalue weighted by atomic mass is 32.2. The Bertz CT molecular complexity index is 1480. The van der Waals surface area contributed by atoms with Crippen LogP contribution in [0.1, 0.15) is 39.7 Å². The molecule has 0 aliphatic heterocycles. The van der Waals surface area contributed by atoms with Gasteiger partial charge in [-0.3, -0.25) is 13.9 Å². The molecule has 0 saturated carbocycles. The number of rotatable bonds is 16. The predicted molar refractivity (Wildman–Crippen MR) is 171 cm³/mol. The standard InChI is InChI=1S/C33H43N3O7S/c1-7-24(3)34-33(38)25(4)35(21-20-26-12-10-9-11-13-26)32(37)23-36(27-14-16-28(17-15-27)43-8-2)44(39,40)29-18-19-30(41-5)31(22-29)42-6/h9-19,22,24-25H,7-8,20-21,23H2,1-6H3,(H,34,38)/t24-,25+/m0/s1. The molecule has 1 N–H and O–H groups in total. The van der Waals surface area contributed by atoms with Crippen LogP contribution >= 0.6 is 0 Å². The molecule has 11 heteroatoms. The summed E-state index contributed by atoms with van der Waals surface area (Å²) in [7, 11) is -1.42. The van der Waals surface area contributed by atoms with Gasteiger partial charge in [0, 0.05) is 18.7 Å². The number of nitrogens with zero attached hydrogens (tertiary/aromatic N) is 2. The van der Waals surface area contributed by atoms with Gasteiger partial charge in [-0.05, 0) is 75.6 Å². The molecule has 2 atom stereocenters. The second kappa shape index (κ2) is 16.0. The summed E-state index contributed by atoms with van der Waals surface area (Å²) in [6, 6.07) is 19.4. The summed E-state index contributed by atoms with van der Waals surface area (Å²) >= 11 is 0. The molecule has 0 heterocycles. The first kappa shape index (κ1) is 34.2. The van der Waals surface area contributed by atoms with Crippen molar-refractivity contribution in [1.29, 1.82) is 0 Å². The molecule has 44 heavy (non-hydrogen) atoms. The molecule has 3 aromatic rings. The van der Waals surface area contributed by atoms with Gasteiger partial charge in [0.05, 0.1) is 31.4 Å². The topological polar surface area (TPSA) is 114 Å². The van der Waals surface area contributed by atoms with E-state index in [2.05, 4.69) is 5.32 Å². The molecule has 0 aliphatic rings. The third kappa shape index (κ3) is 8.66. The van der Waals surface area contributed by atoms with Crippen LogP contribution in [0.2, 0.25) is 0 Å². The predicted octanol–water partition coefficient (Wildman–Crippen LogP) is 4.67. The third-order valence-electron chi connectivity index (χ3n) is 7.31. The van der Waals surface area contributed by atoms with Gasteiger partial charge >= 0.3 is 0 Å². The fourth-order valence-corrected chi connectivity index (χ4v) is 5.97. The van der Waals surface area contributed by atoms with Gasteiger partial charge in [0.1, 0.15) is 18.3 Å². The van der Waals surface area contributed by atoms with Gasteiger partial charge in [-0.25, -0.2) is 8.42 Å². The van der Waals surface area contributed by atoms with Crippen LogP contribution in [0.15, 0.2) is 77.7 Å². The van der Waals surface area contributed by atoms with Crippen LogP contribution in [0.25, 0.3) is 0 Å². The van der Waals surface area contributed by atoms with Gasteiger partial charge in [0.15, 0.2) is 11.5 Å². The lowest BCUT2D eigenvalue weighted by Gasteiger charge is -2.32. The van der Waals surface area contributed by atoms with E-state index in [0.29, 0.717) is 24.5 Å². The SMILES string of the molecule is CCOc1ccc(N(CC(=O)N(CCc2ccccc2)[C@H](C)C(=O)N[C@@H](C)CC)S(=O)(=O)c2ccc(OC)c(OC)c2)cc1. The minimum absolute atomic E-state index is 0.0817. The Morgan fingerprint density at radius 3 is 2.14 bits per heavy atom. The molecule has 3 rings (SSSR count). The minimum Gasteiger partial charge on any atom is -0.494 e. The summed E-state index contributed by atoms with van der Waals surface area (Å²) < 4.78 is 45.6. The van der Waals surface area contributed by atoms with E-state index in [0.717, 1.165) is 16.3 Å². The summed E-state index contributed by atoms with van der Waals surface area (Å²) in [5.74, 6) is 0.322. The maximum atomic E-state index is 14.2. The smallest absolute Gasteiger partial charge is 0.264 e. The lowest BCUT2D eigenvalue weighted by Crippen LogP contribution is -2.53. The number of anilines is 1. The first-order valence-corrected chi connectivity index (χ1v) is 16.1. The maximum Gasteiger partial charge on any atom is 0.264 e. The lowest BCUT2D eigenvalue weighted by molar-refractivity contribution is -0.139. The summed E-state index contributed by atoms with van der Waals surface area (Å²) in [6.45, 7) is 7.48. The molecule has 0 saturated heterocycles. The van der Waals surface area contributed by atoms with Crippen molar-refractivity contribution in [2.24, 2.45) is 0 Å². The van der Waals surface area contributed by atoms with E-state index in [1.807, 2.05) is 51.1 Å². The van der Waals surface area contributed by atoms with Gasteiger partial charge in [0.25, 0.3) is 10.0 Å². The number of ether oxygens (including phenoxy) is 3. The van der Waals surface area contributed by atoms with Crippen molar-refractivity contribution in [3.8, 4) is 17.2 Å². The van der Waals surface area contributed by atoms with Gasteiger partial charge < -0.3 is 24.4 Å².